The molecular weight excluding hydrogens is 178 g/mol. The molecule has 0 amide bonds. The van der Waals surface area contributed by atoms with E-state index in [1.54, 1.807) is 6.26 Å². The molecule has 1 fully saturated rings. The second kappa shape index (κ2) is 2.41. The van der Waals surface area contributed by atoms with Crippen molar-refractivity contribution in [3.05, 3.63) is 23.7 Å². The van der Waals surface area contributed by atoms with Gasteiger partial charge in [0.1, 0.15) is 11.4 Å². The summed E-state index contributed by atoms with van der Waals surface area (Å²) in [6.45, 7) is 0.305. The fraction of sp³-hybridized carbons (Fsp3) is 0.636. The van der Waals surface area contributed by atoms with Crippen molar-refractivity contribution in [2.75, 3.05) is 6.54 Å². The number of fused-ring (bicyclic) bond motifs is 1. The van der Waals surface area contributed by atoms with Gasteiger partial charge in [-0.15, -0.1) is 0 Å². The molecule has 0 aromatic carbocycles. The van der Waals surface area contributed by atoms with E-state index in [-0.39, 0.29) is 5.41 Å². The van der Waals surface area contributed by atoms with Crippen LogP contribution < -0.4 is 5.73 Å². The van der Waals surface area contributed by atoms with Crippen LogP contribution in [0.3, 0.4) is 0 Å². The SMILES string of the molecule is NCC1(O)c2ccoc2CCC12CC2. The predicted molar refractivity (Wildman–Crippen MR) is 51.6 cm³/mol. The maximum Gasteiger partial charge on any atom is 0.111 e. The molecule has 1 aromatic heterocycles. The van der Waals surface area contributed by atoms with Gasteiger partial charge < -0.3 is 15.3 Å². The third-order valence-electron chi connectivity index (χ3n) is 4.05. The van der Waals surface area contributed by atoms with Crippen molar-refractivity contribution in [1.29, 1.82) is 0 Å². The molecule has 3 heteroatoms. The molecule has 3 rings (SSSR count). The first kappa shape index (κ1) is 8.50. The Morgan fingerprint density at radius 2 is 2.21 bits per heavy atom. The molecule has 0 radical (unpaired) electrons. The van der Waals surface area contributed by atoms with Gasteiger partial charge >= 0.3 is 0 Å². The average molecular weight is 193 g/mol. The lowest BCUT2D eigenvalue weighted by molar-refractivity contribution is -0.0441. The molecule has 1 saturated carbocycles. The molecule has 0 bridgehead atoms. The van der Waals surface area contributed by atoms with Crippen LogP contribution in [-0.2, 0) is 12.0 Å². The summed E-state index contributed by atoms with van der Waals surface area (Å²) in [5, 5.41) is 10.6. The zero-order valence-electron chi connectivity index (χ0n) is 8.12. The minimum absolute atomic E-state index is 0.0681. The molecular formula is C11H15NO2. The van der Waals surface area contributed by atoms with Crippen LogP contribution in [0.25, 0.3) is 0 Å². The van der Waals surface area contributed by atoms with Crippen LogP contribution in [0, 0.1) is 5.41 Å². The van der Waals surface area contributed by atoms with Gasteiger partial charge in [-0.2, -0.15) is 0 Å². The summed E-state index contributed by atoms with van der Waals surface area (Å²) in [5.74, 6) is 0.926. The largest absolute Gasteiger partial charge is 0.469 e. The Bertz CT molecular complexity index is 367. The first-order chi connectivity index (χ1) is 6.72. The number of aliphatic hydroxyl groups is 1. The molecule has 1 unspecified atom stereocenters. The molecule has 14 heavy (non-hydrogen) atoms. The third kappa shape index (κ3) is 0.799. The van der Waals surface area contributed by atoms with Gasteiger partial charge in [0.2, 0.25) is 0 Å². The van der Waals surface area contributed by atoms with Gasteiger partial charge in [-0.3, -0.25) is 0 Å². The first-order valence-electron chi connectivity index (χ1n) is 5.21. The van der Waals surface area contributed by atoms with E-state index >= 15 is 0 Å². The van der Waals surface area contributed by atoms with E-state index in [4.69, 9.17) is 10.2 Å². The molecule has 2 aliphatic carbocycles. The van der Waals surface area contributed by atoms with Gasteiger partial charge in [0, 0.05) is 23.9 Å². The Morgan fingerprint density at radius 3 is 2.86 bits per heavy atom. The average Bonchev–Trinajstić information content (AvgIpc) is 2.82. The van der Waals surface area contributed by atoms with E-state index in [2.05, 4.69) is 0 Å². The van der Waals surface area contributed by atoms with Crippen molar-refractivity contribution in [3.8, 4) is 0 Å². The Morgan fingerprint density at radius 1 is 1.43 bits per heavy atom. The first-order valence-corrected chi connectivity index (χ1v) is 5.21. The highest BCUT2D eigenvalue weighted by Crippen LogP contribution is 2.63. The number of aryl methyl sites for hydroxylation is 1. The van der Waals surface area contributed by atoms with Gasteiger partial charge in [0.05, 0.1) is 6.26 Å². The van der Waals surface area contributed by atoms with Crippen molar-refractivity contribution in [2.45, 2.75) is 31.3 Å². The summed E-state index contributed by atoms with van der Waals surface area (Å²) in [6, 6.07) is 1.88. The highest BCUT2D eigenvalue weighted by atomic mass is 16.3. The molecule has 3 nitrogen and oxygen atoms in total. The highest BCUT2D eigenvalue weighted by molar-refractivity contribution is 5.34. The van der Waals surface area contributed by atoms with Crippen molar-refractivity contribution in [1.82, 2.24) is 0 Å². The van der Waals surface area contributed by atoms with Gasteiger partial charge in [-0.1, -0.05) is 0 Å². The monoisotopic (exact) mass is 193 g/mol. The molecule has 3 N–H and O–H groups in total. The highest BCUT2D eigenvalue weighted by Gasteiger charge is 2.61. The van der Waals surface area contributed by atoms with E-state index in [0.717, 1.165) is 37.0 Å². The van der Waals surface area contributed by atoms with Crippen molar-refractivity contribution < 1.29 is 9.52 Å². The van der Waals surface area contributed by atoms with Gasteiger partial charge in [0.25, 0.3) is 0 Å². The van der Waals surface area contributed by atoms with E-state index in [0.29, 0.717) is 6.54 Å². The summed E-state index contributed by atoms with van der Waals surface area (Å²) in [5.41, 5.74) is 5.91. The quantitative estimate of drug-likeness (QED) is 0.703. The maximum atomic E-state index is 10.6. The molecule has 0 aliphatic heterocycles. The smallest absolute Gasteiger partial charge is 0.111 e. The van der Waals surface area contributed by atoms with E-state index in [1.165, 1.54) is 0 Å². The molecule has 1 heterocycles. The number of hydrogen-bond acceptors (Lipinski definition) is 3. The molecule has 1 aromatic rings. The zero-order valence-corrected chi connectivity index (χ0v) is 8.12. The predicted octanol–water partition coefficient (Wildman–Crippen LogP) is 1.15. The van der Waals surface area contributed by atoms with E-state index in [9.17, 15) is 5.11 Å². The second-order valence-electron chi connectivity index (χ2n) is 4.60. The number of rotatable bonds is 1. The van der Waals surface area contributed by atoms with Crippen LogP contribution in [-0.4, -0.2) is 11.7 Å². The normalized spacial score (nSPS) is 33.0. The summed E-state index contributed by atoms with van der Waals surface area (Å²) in [7, 11) is 0. The van der Waals surface area contributed by atoms with Crippen molar-refractivity contribution in [2.24, 2.45) is 11.1 Å². The summed E-state index contributed by atoms with van der Waals surface area (Å²) in [6.07, 6.45) is 5.83. The van der Waals surface area contributed by atoms with Crippen LogP contribution in [0.2, 0.25) is 0 Å². The Hall–Kier alpha value is -0.800. The standard InChI is InChI=1S/C11H15NO2/c12-7-11(13)8-2-6-14-9(8)1-3-10(11)4-5-10/h2,6,13H,1,3-5,7,12H2. The fourth-order valence-electron chi connectivity index (χ4n) is 2.89. The van der Waals surface area contributed by atoms with E-state index in [1.807, 2.05) is 6.07 Å². The molecule has 0 saturated heterocycles. The van der Waals surface area contributed by atoms with Crippen molar-refractivity contribution >= 4 is 0 Å². The lowest BCUT2D eigenvalue weighted by Gasteiger charge is -2.39. The molecule has 1 atom stereocenters. The molecule has 76 valence electrons. The van der Waals surface area contributed by atoms with Gasteiger partial charge in [0.15, 0.2) is 0 Å². The summed E-state index contributed by atoms with van der Waals surface area (Å²) >= 11 is 0. The zero-order chi connectivity index (χ0) is 9.81. The van der Waals surface area contributed by atoms with Crippen LogP contribution in [0.1, 0.15) is 30.6 Å². The van der Waals surface area contributed by atoms with Crippen LogP contribution in [0.4, 0.5) is 0 Å². The summed E-state index contributed by atoms with van der Waals surface area (Å²) in [4.78, 5) is 0. The Kier molecular flexibility index (Phi) is 1.46. The topological polar surface area (TPSA) is 59.4 Å². The van der Waals surface area contributed by atoms with E-state index < -0.39 is 5.60 Å². The lowest BCUT2D eigenvalue weighted by atomic mass is 9.71. The molecule has 1 spiro atoms. The Labute approximate surface area is 82.9 Å². The number of furan rings is 1. The lowest BCUT2D eigenvalue weighted by Crippen LogP contribution is -2.46. The number of hydrogen-bond donors (Lipinski definition) is 2. The van der Waals surface area contributed by atoms with Crippen LogP contribution in [0.5, 0.6) is 0 Å². The second-order valence-corrected chi connectivity index (χ2v) is 4.60. The summed E-state index contributed by atoms with van der Waals surface area (Å²) < 4.78 is 5.36. The van der Waals surface area contributed by atoms with Crippen LogP contribution >= 0.6 is 0 Å². The van der Waals surface area contributed by atoms with Gasteiger partial charge in [-0.25, -0.2) is 0 Å². The third-order valence-corrected chi connectivity index (χ3v) is 4.05. The Balaban J connectivity index is 2.15. The molecule has 2 aliphatic rings. The number of nitrogens with two attached hydrogens (primary N) is 1. The van der Waals surface area contributed by atoms with Crippen molar-refractivity contribution in [3.63, 3.8) is 0 Å². The van der Waals surface area contributed by atoms with Crippen LogP contribution in [0.15, 0.2) is 16.7 Å². The maximum absolute atomic E-state index is 10.6. The minimum atomic E-state index is -0.826. The van der Waals surface area contributed by atoms with Gasteiger partial charge in [-0.05, 0) is 25.3 Å². The minimum Gasteiger partial charge on any atom is -0.469 e. The fourth-order valence-corrected chi connectivity index (χ4v) is 2.89.